The van der Waals surface area contributed by atoms with Crippen LogP contribution in [-0.4, -0.2) is 0 Å². The van der Waals surface area contributed by atoms with Crippen molar-refractivity contribution >= 4 is 31.9 Å². The van der Waals surface area contributed by atoms with Crippen LogP contribution < -0.4 is 9.47 Å². The Morgan fingerprint density at radius 1 is 0.533 bits per heavy atom. The highest BCUT2D eigenvalue weighted by Crippen LogP contribution is 2.67. The molecular weight excluding hydrogens is 504 g/mol. The molecule has 0 atom stereocenters. The summed E-state index contributed by atoms with van der Waals surface area (Å²) >= 11 is 7.36. The Hall–Kier alpha value is -2.56. The van der Waals surface area contributed by atoms with Gasteiger partial charge in [0.05, 0.1) is 0 Å². The largest absolute Gasteiger partial charge is 0.446 e. The average Bonchev–Trinajstić information content (AvgIpc) is 3.23. The monoisotopic (exact) mass is 518 g/mol. The van der Waals surface area contributed by atoms with Crippen LogP contribution in [0.15, 0.2) is 106 Å². The van der Waals surface area contributed by atoms with Crippen LogP contribution in [0.4, 0.5) is 0 Å². The number of ether oxygens (including phenoxy) is 2. The number of benzene rings is 4. The summed E-state index contributed by atoms with van der Waals surface area (Å²) in [5.41, 5.74) is 3.62. The summed E-state index contributed by atoms with van der Waals surface area (Å²) in [4.78, 5) is 0. The van der Waals surface area contributed by atoms with Crippen LogP contribution in [0.2, 0.25) is 0 Å². The van der Waals surface area contributed by atoms with Crippen molar-refractivity contribution in [2.24, 2.45) is 0 Å². The summed E-state index contributed by atoms with van der Waals surface area (Å²) in [6.45, 7) is 0. The smallest absolute Gasteiger partial charge is 0.296 e. The molecule has 0 saturated heterocycles. The second-order valence-electron chi connectivity index (χ2n) is 7.58. The van der Waals surface area contributed by atoms with Crippen LogP contribution >= 0.6 is 31.9 Å². The van der Waals surface area contributed by atoms with Crippen LogP contribution in [0.5, 0.6) is 11.5 Å². The Bertz CT molecular complexity index is 1210. The van der Waals surface area contributed by atoms with Crippen molar-refractivity contribution in [2.45, 2.75) is 11.2 Å². The third-order valence-corrected chi connectivity index (χ3v) is 7.04. The SMILES string of the molecule is Brc1ccc2c(c1)C1(c3ccccc3)c3cc(Br)ccc3OC1(c1ccccc1)O2. The second-order valence-corrected chi connectivity index (χ2v) is 9.42. The van der Waals surface area contributed by atoms with Gasteiger partial charge < -0.3 is 9.47 Å². The van der Waals surface area contributed by atoms with Crippen molar-refractivity contribution in [3.8, 4) is 11.5 Å². The zero-order chi connectivity index (χ0) is 20.3. The van der Waals surface area contributed by atoms with Crippen molar-refractivity contribution in [3.63, 3.8) is 0 Å². The summed E-state index contributed by atoms with van der Waals surface area (Å²) in [6, 6.07) is 33.2. The molecule has 0 spiro atoms. The number of hydrogen-bond donors (Lipinski definition) is 0. The van der Waals surface area contributed by atoms with Crippen molar-refractivity contribution < 1.29 is 9.47 Å². The molecule has 0 amide bonds. The highest BCUT2D eigenvalue weighted by Gasteiger charge is 2.70. The molecule has 4 heteroatoms. The van der Waals surface area contributed by atoms with Gasteiger partial charge in [0.25, 0.3) is 5.79 Å². The lowest BCUT2D eigenvalue weighted by Crippen LogP contribution is -2.50. The fourth-order valence-corrected chi connectivity index (χ4v) is 5.66. The first-order chi connectivity index (χ1) is 14.6. The van der Waals surface area contributed by atoms with E-state index in [1.165, 1.54) is 0 Å². The molecule has 0 N–H and O–H groups in total. The Kier molecular flexibility index (Phi) is 3.93. The lowest BCUT2D eigenvalue weighted by molar-refractivity contribution is -0.119. The first kappa shape index (κ1) is 18.2. The topological polar surface area (TPSA) is 18.5 Å². The molecule has 2 aliphatic heterocycles. The van der Waals surface area contributed by atoms with Gasteiger partial charge in [0.15, 0.2) is 0 Å². The summed E-state index contributed by atoms with van der Waals surface area (Å²) < 4.78 is 15.6. The lowest BCUT2D eigenvalue weighted by atomic mass is 9.64. The van der Waals surface area contributed by atoms with Gasteiger partial charge in [-0.15, -0.1) is 0 Å². The second kappa shape index (κ2) is 6.47. The quantitative estimate of drug-likeness (QED) is 0.279. The fourth-order valence-electron chi connectivity index (χ4n) is 4.93. The molecular formula is C26H16Br2O2. The van der Waals surface area contributed by atoms with Crippen molar-refractivity contribution in [1.82, 2.24) is 0 Å². The standard InChI is InChI=1S/C26H16Br2O2/c27-19-11-13-23-21(15-19)25(17-7-3-1-4-8-17)22-16-20(28)12-14-24(22)30-26(25,29-23)18-9-5-2-6-10-18/h1-16H. The molecule has 0 bridgehead atoms. The zero-order valence-corrected chi connectivity index (χ0v) is 19.0. The van der Waals surface area contributed by atoms with Gasteiger partial charge in [0, 0.05) is 25.6 Å². The minimum atomic E-state index is -1.04. The van der Waals surface area contributed by atoms with E-state index in [0.717, 1.165) is 42.7 Å². The molecule has 0 fully saturated rings. The number of hydrogen-bond acceptors (Lipinski definition) is 2. The minimum Gasteiger partial charge on any atom is -0.446 e. The van der Waals surface area contributed by atoms with Gasteiger partial charge in [-0.1, -0.05) is 92.5 Å². The highest BCUT2D eigenvalue weighted by atomic mass is 79.9. The zero-order valence-electron chi connectivity index (χ0n) is 15.8. The molecule has 2 nitrogen and oxygen atoms in total. The first-order valence-corrected chi connectivity index (χ1v) is 11.3. The summed E-state index contributed by atoms with van der Waals surface area (Å²) in [5, 5.41) is 0. The average molecular weight is 520 g/mol. The molecule has 2 aliphatic rings. The molecule has 0 radical (unpaired) electrons. The van der Waals surface area contributed by atoms with Crippen LogP contribution in [0.1, 0.15) is 22.3 Å². The molecule has 4 aromatic rings. The van der Waals surface area contributed by atoms with Gasteiger partial charge >= 0.3 is 0 Å². The van der Waals surface area contributed by atoms with Gasteiger partial charge in [0.1, 0.15) is 16.9 Å². The van der Waals surface area contributed by atoms with E-state index in [9.17, 15) is 0 Å². The Morgan fingerprint density at radius 3 is 1.50 bits per heavy atom. The maximum atomic E-state index is 6.78. The van der Waals surface area contributed by atoms with Crippen LogP contribution in [-0.2, 0) is 11.2 Å². The van der Waals surface area contributed by atoms with Gasteiger partial charge in [0.2, 0.25) is 0 Å². The van der Waals surface area contributed by atoms with E-state index in [-0.39, 0.29) is 0 Å². The van der Waals surface area contributed by atoms with E-state index in [0.29, 0.717) is 0 Å². The van der Waals surface area contributed by atoms with Crippen molar-refractivity contribution in [2.75, 3.05) is 0 Å². The first-order valence-electron chi connectivity index (χ1n) is 9.74. The van der Waals surface area contributed by atoms with Crippen LogP contribution in [0, 0.1) is 0 Å². The van der Waals surface area contributed by atoms with E-state index in [1.54, 1.807) is 0 Å². The third kappa shape index (κ3) is 2.24. The molecule has 4 aromatic carbocycles. The maximum Gasteiger partial charge on any atom is 0.296 e. The van der Waals surface area contributed by atoms with Gasteiger partial charge in [-0.2, -0.15) is 0 Å². The van der Waals surface area contributed by atoms with Crippen molar-refractivity contribution in [3.05, 3.63) is 128 Å². The molecule has 0 unspecified atom stereocenters. The molecule has 146 valence electrons. The summed E-state index contributed by atoms with van der Waals surface area (Å²) in [5.74, 6) is 0.620. The highest BCUT2D eigenvalue weighted by molar-refractivity contribution is 9.10. The van der Waals surface area contributed by atoms with E-state index in [1.807, 2.05) is 48.5 Å². The summed E-state index contributed by atoms with van der Waals surface area (Å²) in [7, 11) is 0. The predicted octanol–water partition coefficient (Wildman–Crippen LogP) is 7.18. The van der Waals surface area contributed by atoms with E-state index >= 15 is 0 Å². The number of fused-ring (bicyclic) bond motifs is 5. The molecule has 30 heavy (non-hydrogen) atoms. The molecule has 0 aliphatic carbocycles. The van der Waals surface area contributed by atoms with Crippen molar-refractivity contribution in [1.29, 1.82) is 0 Å². The third-order valence-electron chi connectivity index (χ3n) is 6.05. The Morgan fingerprint density at radius 2 is 1.00 bits per heavy atom. The number of halogens is 2. The number of rotatable bonds is 2. The maximum absolute atomic E-state index is 6.78. The van der Waals surface area contributed by atoms with Gasteiger partial charge in [-0.3, -0.25) is 0 Å². The predicted molar refractivity (Wildman–Crippen MR) is 124 cm³/mol. The minimum absolute atomic E-state index is 0.659. The van der Waals surface area contributed by atoms with Gasteiger partial charge in [-0.25, -0.2) is 0 Å². The van der Waals surface area contributed by atoms with Gasteiger partial charge in [-0.05, 0) is 42.0 Å². The normalized spacial score (nSPS) is 23.1. The Balaban J connectivity index is 1.81. The van der Waals surface area contributed by atoms with E-state index < -0.39 is 11.2 Å². The van der Waals surface area contributed by atoms with Crippen LogP contribution in [0.25, 0.3) is 0 Å². The molecule has 0 saturated carbocycles. The summed E-state index contributed by atoms with van der Waals surface area (Å²) in [6.07, 6.45) is 0. The van der Waals surface area contributed by atoms with E-state index in [2.05, 4.69) is 80.4 Å². The lowest BCUT2D eigenvalue weighted by Gasteiger charge is -2.38. The molecule has 2 heterocycles. The fraction of sp³-hybridized carbons (Fsp3) is 0.0769. The van der Waals surface area contributed by atoms with Crippen LogP contribution in [0.3, 0.4) is 0 Å². The Labute approximate surface area is 191 Å². The van der Waals surface area contributed by atoms with E-state index in [4.69, 9.17) is 9.47 Å². The molecule has 0 aromatic heterocycles. The molecule has 6 rings (SSSR count).